The number of thiazole rings is 1. The number of fused-ring (bicyclic) bond motifs is 1. The first-order valence-corrected chi connectivity index (χ1v) is 7.81. The van der Waals surface area contributed by atoms with Crippen LogP contribution >= 0.6 is 11.3 Å². The number of hydrogen-bond donors (Lipinski definition) is 1. The average molecular weight is 298 g/mol. The number of aliphatic hydroxyl groups excluding tert-OH is 1. The Labute approximate surface area is 128 Å². The number of benzene rings is 1. The van der Waals surface area contributed by atoms with Crippen LogP contribution in [0, 0.1) is 0 Å². The van der Waals surface area contributed by atoms with Crippen molar-refractivity contribution in [1.29, 1.82) is 0 Å². The lowest BCUT2D eigenvalue weighted by Crippen LogP contribution is -2.11. The second-order valence-corrected chi connectivity index (χ2v) is 7.03. The zero-order valence-electron chi connectivity index (χ0n) is 12.4. The van der Waals surface area contributed by atoms with Crippen molar-refractivity contribution in [2.45, 2.75) is 32.3 Å². The van der Waals surface area contributed by atoms with Gasteiger partial charge in [-0.05, 0) is 17.0 Å². The molecule has 0 spiro atoms. The molecule has 1 N–H and O–H groups in total. The number of rotatable bonds is 2. The minimum Gasteiger partial charge on any atom is -0.382 e. The molecule has 0 radical (unpaired) electrons. The molecule has 2 aromatic heterocycles. The normalized spacial score (nSPS) is 13.5. The van der Waals surface area contributed by atoms with Crippen molar-refractivity contribution in [3.05, 3.63) is 58.3 Å². The van der Waals surface area contributed by atoms with E-state index in [1.165, 1.54) is 0 Å². The van der Waals surface area contributed by atoms with Crippen LogP contribution in [0.5, 0.6) is 0 Å². The summed E-state index contributed by atoms with van der Waals surface area (Å²) >= 11 is 1.60. The van der Waals surface area contributed by atoms with Crippen molar-refractivity contribution >= 4 is 22.1 Å². The van der Waals surface area contributed by atoms with Gasteiger partial charge in [0, 0.05) is 28.6 Å². The Bertz CT molecular complexity index is 768. The maximum Gasteiger partial charge on any atom is 0.122 e. The Balaban J connectivity index is 2.05. The van der Waals surface area contributed by atoms with Gasteiger partial charge < -0.3 is 5.11 Å². The van der Waals surface area contributed by atoms with Gasteiger partial charge in [0.15, 0.2) is 0 Å². The standard InChI is InChI=1S/C17H18N2OS/c1-17(2,3)16-19-14(10-21-16)15(20)12-6-4-5-11-7-8-18-9-13(11)12/h4-10,15,20H,1-3H3. The molecule has 108 valence electrons. The minimum absolute atomic E-state index is 0.00292. The molecule has 4 heteroatoms. The van der Waals surface area contributed by atoms with E-state index in [4.69, 9.17) is 0 Å². The van der Waals surface area contributed by atoms with E-state index in [9.17, 15) is 5.11 Å². The van der Waals surface area contributed by atoms with E-state index in [0.29, 0.717) is 5.69 Å². The highest BCUT2D eigenvalue weighted by Crippen LogP contribution is 2.32. The number of hydrogen-bond acceptors (Lipinski definition) is 4. The third-order valence-corrected chi connectivity index (χ3v) is 4.74. The lowest BCUT2D eigenvalue weighted by molar-refractivity contribution is 0.217. The maximum absolute atomic E-state index is 10.7. The fourth-order valence-corrected chi connectivity index (χ4v) is 3.22. The summed E-state index contributed by atoms with van der Waals surface area (Å²) in [6, 6.07) is 7.87. The fraction of sp³-hybridized carbons (Fsp3) is 0.294. The molecule has 0 fully saturated rings. The van der Waals surface area contributed by atoms with E-state index < -0.39 is 6.10 Å². The summed E-state index contributed by atoms with van der Waals surface area (Å²) in [6.45, 7) is 6.39. The third-order valence-electron chi connectivity index (χ3n) is 3.46. The molecular formula is C17H18N2OS. The van der Waals surface area contributed by atoms with Gasteiger partial charge in [0.05, 0.1) is 10.7 Å². The van der Waals surface area contributed by atoms with Crippen LogP contribution in [0.25, 0.3) is 10.8 Å². The molecule has 0 saturated carbocycles. The Hall–Kier alpha value is -1.78. The van der Waals surface area contributed by atoms with Crippen LogP contribution in [-0.2, 0) is 5.41 Å². The molecule has 0 aliphatic heterocycles. The summed E-state index contributed by atoms with van der Waals surface area (Å²) in [5, 5.41) is 15.7. The molecule has 0 saturated heterocycles. The van der Waals surface area contributed by atoms with Gasteiger partial charge in [-0.25, -0.2) is 4.98 Å². The second kappa shape index (κ2) is 5.20. The van der Waals surface area contributed by atoms with E-state index >= 15 is 0 Å². The highest BCUT2D eigenvalue weighted by Gasteiger charge is 2.22. The first-order chi connectivity index (χ1) is 9.97. The van der Waals surface area contributed by atoms with Crippen LogP contribution in [0.1, 0.15) is 43.1 Å². The van der Waals surface area contributed by atoms with Crippen molar-refractivity contribution in [2.24, 2.45) is 0 Å². The van der Waals surface area contributed by atoms with Gasteiger partial charge in [0.1, 0.15) is 6.10 Å². The SMILES string of the molecule is CC(C)(C)c1nc(C(O)c2cccc3ccncc23)cs1. The second-order valence-electron chi connectivity index (χ2n) is 6.17. The lowest BCUT2D eigenvalue weighted by atomic mass is 9.97. The van der Waals surface area contributed by atoms with Crippen molar-refractivity contribution < 1.29 is 5.11 Å². The van der Waals surface area contributed by atoms with Crippen molar-refractivity contribution in [3.8, 4) is 0 Å². The number of nitrogens with zero attached hydrogens (tertiary/aromatic N) is 2. The topological polar surface area (TPSA) is 46.0 Å². The minimum atomic E-state index is -0.717. The Morgan fingerprint density at radius 2 is 2.00 bits per heavy atom. The molecule has 0 aliphatic carbocycles. The van der Waals surface area contributed by atoms with E-state index in [2.05, 4.69) is 30.7 Å². The largest absolute Gasteiger partial charge is 0.382 e. The molecule has 0 bridgehead atoms. The first-order valence-electron chi connectivity index (χ1n) is 6.93. The van der Waals surface area contributed by atoms with Gasteiger partial charge >= 0.3 is 0 Å². The van der Waals surface area contributed by atoms with E-state index in [-0.39, 0.29) is 5.41 Å². The highest BCUT2D eigenvalue weighted by molar-refractivity contribution is 7.09. The average Bonchev–Trinajstić information content (AvgIpc) is 2.96. The van der Waals surface area contributed by atoms with E-state index in [1.807, 2.05) is 29.6 Å². The number of aliphatic hydroxyl groups is 1. The Morgan fingerprint density at radius 3 is 2.71 bits per heavy atom. The van der Waals surface area contributed by atoms with Crippen LogP contribution in [-0.4, -0.2) is 15.1 Å². The Morgan fingerprint density at radius 1 is 1.19 bits per heavy atom. The molecule has 3 aromatic rings. The summed E-state index contributed by atoms with van der Waals surface area (Å²) in [4.78, 5) is 8.78. The number of aromatic nitrogens is 2. The van der Waals surface area contributed by atoms with Gasteiger partial charge in [0.2, 0.25) is 0 Å². The molecule has 3 nitrogen and oxygen atoms in total. The molecule has 1 unspecified atom stereocenters. The zero-order chi connectivity index (χ0) is 15.0. The van der Waals surface area contributed by atoms with Gasteiger partial charge in [-0.3, -0.25) is 4.98 Å². The Kier molecular flexibility index (Phi) is 3.51. The number of pyridine rings is 1. The quantitative estimate of drug-likeness (QED) is 0.775. The summed E-state index contributed by atoms with van der Waals surface area (Å²) < 4.78 is 0. The van der Waals surface area contributed by atoms with Crippen molar-refractivity contribution in [1.82, 2.24) is 9.97 Å². The van der Waals surface area contributed by atoms with E-state index in [0.717, 1.165) is 21.3 Å². The van der Waals surface area contributed by atoms with Gasteiger partial charge in [-0.1, -0.05) is 39.0 Å². The van der Waals surface area contributed by atoms with Crippen LogP contribution in [0.3, 0.4) is 0 Å². The molecule has 21 heavy (non-hydrogen) atoms. The predicted octanol–water partition coefficient (Wildman–Crippen LogP) is 4.07. The molecule has 0 aliphatic rings. The van der Waals surface area contributed by atoms with Crippen LogP contribution in [0.15, 0.2) is 42.0 Å². The summed E-state index contributed by atoms with van der Waals surface area (Å²) in [5.41, 5.74) is 1.57. The lowest BCUT2D eigenvalue weighted by Gasteiger charge is -2.15. The maximum atomic E-state index is 10.7. The van der Waals surface area contributed by atoms with Gasteiger partial charge in [0.25, 0.3) is 0 Å². The van der Waals surface area contributed by atoms with Gasteiger partial charge in [-0.15, -0.1) is 11.3 Å². The van der Waals surface area contributed by atoms with Crippen molar-refractivity contribution in [2.75, 3.05) is 0 Å². The first kappa shape index (κ1) is 14.2. The zero-order valence-corrected chi connectivity index (χ0v) is 13.2. The monoisotopic (exact) mass is 298 g/mol. The third kappa shape index (κ3) is 2.69. The summed E-state index contributed by atoms with van der Waals surface area (Å²) in [7, 11) is 0. The van der Waals surface area contributed by atoms with Crippen molar-refractivity contribution in [3.63, 3.8) is 0 Å². The van der Waals surface area contributed by atoms with Gasteiger partial charge in [-0.2, -0.15) is 0 Å². The van der Waals surface area contributed by atoms with Crippen LogP contribution < -0.4 is 0 Å². The summed E-state index contributed by atoms with van der Waals surface area (Å²) in [6.07, 6.45) is 2.84. The fourth-order valence-electron chi connectivity index (χ4n) is 2.29. The van der Waals surface area contributed by atoms with E-state index in [1.54, 1.807) is 23.7 Å². The molecular weight excluding hydrogens is 280 g/mol. The van der Waals surface area contributed by atoms with Crippen LogP contribution in [0.2, 0.25) is 0 Å². The highest BCUT2D eigenvalue weighted by atomic mass is 32.1. The molecule has 2 heterocycles. The molecule has 0 amide bonds. The molecule has 1 aromatic carbocycles. The van der Waals surface area contributed by atoms with Crippen LogP contribution in [0.4, 0.5) is 0 Å². The summed E-state index contributed by atoms with van der Waals surface area (Å²) in [5.74, 6) is 0. The predicted molar refractivity (Wildman–Crippen MR) is 86.6 cm³/mol. The smallest absolute Gasteiger partial charge is 0.122 e. The molecule has 1 atom stereocenters. The molecule has 3 rings (SSSR count).